The number of benzene rings is 2. The molecule has 4 rings (SSSR count). The van der Waals surface area contributed by atoms with Crippen LogP contribution in [0, 0.1) is 6.92 Å². The molecule has 3 amide bonds. The van der Waals surface area contributed by atoms with Crippen molar-refractivity contribution in [3.63, 3.8) is 0 Å². The average molecular weight is 549 g/mol. The van der Waals surface area contributed by atoms with Gasteiger partial charge in [-0.3, -0.25) is 14.4 Å². The predicted molar refractivity (Wildman–Crippen MR) is 150 cm³/mol. The van der Waals surface area contributed by atoms with E-state index < -0.39 is 6.04 Å². The highest BCUT2D eigenvalue weighted by Crippen LogP contribution is 2.22. The summed E-state index contributed by atoms with van der Waals surface area (Å²) in [6.45, 7) is 10.1. The third kappa shape index (κ3) is 7.12. The van der Waals surface area contributed by atoms with Gasteiger partial charge in [-0.15, -0.1) is 16.8 Å². The van der Waals surface area contributed by atoms with Gasteiger partial charge in [-0.2, -0.15) is 0 Å². The molecule has 2 aromatic carbocycles. The Balaban J connectivity index is 1.37. The van der Waals surface area contributed by atoms with E-state index in [1.807, 2.05) is 36.6 Å². The Labute approximate surface area is 231 Å². The Morgan fingerprint density at radius 1 is 1.13 bits per heavy atom. The number of anilines is 1. The van der Waals surface area contributed by atoms with Crippen molar-refractivity contribution in [1.82, 2.24) is 25.0 Å². The number of ether oxygens (including phenoxy) is 1. The topological polar surface area (TPSA) is 118 Å². The zero-order valence-electron chi connectivity index (χ0n) is 22.1. The largest absolute Gasteiger partial charge is 0.378 e. The summed E-state index contributed by atoms with van der Waals surface area (Å²) in [5, 5.41) is 14.9. The standard InChI is InChI=1S/C28H32N6O4S/c1-4-12-34-25(20(3)29-26(36)23-11-6-5-8-19(23)2)31-32-28(34)39-18-24(35)30-22-10-7-9-21(17-22)27(37)33-13-15-38-16-14-33/h4-11,17,20H,1,12-16,18H2,2-3H3,(H,29,36)(H,30,35)/t20-/m0/s1. The SMILES string of the molecule is C=CCn1c(SCC(=O)Nc2cccc(C(=O)N3CCOCC3)c2)nnc1[C@H](C)NC(=O)c1ccccc1C. The second-order valence-electron chi connectivity index (χ2n) is 9.07. The summed E-state index contributed by atoms with van der Waals surface area (Å²) in [6, 6.07) is 13.9. The molecule has 0 bridgehead atoms. The number of carbonyl (C=O) groups is 3. The summed E-state index contributed by atoms with van der Waals surface area (Å²) in [7, 11) is 0. The van der Waals surface area contributed by atoms with Gasteiger partial charge in [0.2, 0.25) is 5.91 Å². The lowest BCUT2D eigenvalue weighted by Crippen LogP contribution is -2.40. The first-order valence-corrected chi connectivity index (χ1v) is 13.7. The van der Waals surface area contributed by atoms with Crippen molar-refractivity contribution in [2.24, 2.45) is 0 Å². The number of nitrogens with one attached hydrogen (secondary N) is 2. The molecule has 0 saturated carbocycles. The fourth-order valence-electron chi connectivity index (χ4n) is 4.20. The number of hydrogen-bond donors (Lipinski definition) is 2. The van der Waals surface area contributed by atoms with Crippen LogP contribution in [0.25, 0.3) is 0 Å². The highest BCUT2D eigenvalue weighted by Gasteiger charge is 2.22. The molecule has 1 aliphatic heterocycles. The van der Waals surface area contributed by atoms with E-state index in [9.17, 15) is 14.4 Å². The number of amides is 3. The van der Waals surface area contributed by atoms with Gasteiger partial charge in [0.1, 0.15) is 0 Å². The monoisotopic (exact) mass is 548 g/mol. The average Bonchev–Trinajstić information content (AvgIpc) is 3.35. The minimum absolute atomic E-state index is 0.0842. The number of hydrogen-bond acceptors (Lipinski definition) is 7. The Morgan fingerprint density at radius 2 is 1.90 bits per heavy atom. The second kappa shape index (κ2) is 13.2. The second-order valence-corrected chi connectivity index (χ2v) is 10.0. The highest BCUT2D eigenvalue weighted by molar-refractivity contribution is 7.99. The van der Waals surface area contributed by atoms with E-state index in [1.54, 1.807) is 41.3 Å². The lowest BCUT2D eigenvalue weighted by atomic mass is 10.1. The lowest BCUT2D eigenvalue weighted by molar-refractivity contribution is -0.113. The highest BCUT2D eigenvalue weighted by atomic mass is 32.2. The number of morpholine rings is 1. The van der Waals surface area contributed by atoms with Crippen LogP contribution in [0.1, 0.15) is 45.1 Å². The summed E-state index contributed by atoms with van der Waals surface area (Å²) < 4.78 is 7.14. The molecule has 1 fully saturated rings. The van der Waals surface area contributed by atoms with Crippen molar-refractivity contribution in [3.05, 3.63) is 83.7 Å². The van der Waals surface area contributed by atoms with Gasteiger partial charge < -0.3 is 24.8 Å². The van der Waals surface area contributed by atoms with E-state index in [1.165, 1.54) is 11.8 Å². The third-order valence-corrected chi connectivity index (χ3v) is 7.17. The first-order valence-electron chi connectivity index (χ1n) is 12.7. The fourth-order valence-corrected chi connectivity index (χ4v) is 4.96. The summed E-state index contributed by atoms with van der Waals surface area (Å²) >= 11 is 1.23. The first-order chi connectivity index (χ1) is 18.9. The number of allylic oxidation sites excluding steroid dienone is 1. The molecule has 0 radical (unpaired) electrons. The van der Waals surface area contributed by atoms with Crippen LogP contribution in [-0.2, 0) is 16.1 Å². The van der Waals surface area contributed by atoms with E-state index >= 15 is 0 Å². The van der Waals surface area contributed by atoms with Crippen LogP contribution in [-0.4, -0.2) is 69.4 Å². The van der Waals surface area contributed by atoms with Crippen LogP contribution in [0.4, 0.5) is 5.69 Å². The Kier molecular flexibility index (Phi) is 9.50. The molecule has 2 N–H and O–H groups in total. The lowest BCUT2D eigenvalue weighted by Gasteiger charge is -2.27. The molecule has 1 saturated heterocycles. The summed E-state index contributed by atoms with van der Waals surface area (Å²) in [5.74, 6) is 0.121. The Bertz CT molecular complexity index is 1350. The smallest absolute Gasteiger partial charge is 0.254 e. The number of nitrogens with zero attached hydrogens (tertiary/aromatic N) is 4. The molecule has 10 nitrogen and oxygen atoms in total. The molecule has 39 heavy (non-hydrogen) atoms. The predicted octanol–water partition coefficient (Wildman–Crippen LogP) is 3.47. The normalized spacial score (nSPS) is 13.9. The van der Waals surface area contributed by atoms with Crippen molar-refractivity contribution >= 4 is 35.2 Å². The van der Waals surface area contributed by atoms with Crippen LogP contribution in [0.5, 0.6) is 0 Å². The molecule has 1 aliphatic rings. The number of thioether (sulfide) groups is 1. The number of aryl methyl sites for hydroxylation is 1. The molecule has 1 atom stereocenters. The zero-order chi connectivity index (χ0) is 27.8. The van der Waals surface area contributed by atoms with Gasteiger partial charge in [0, 0.05) is 36.4 Å². The number of carbonyl (C=O) groups excluding carboxylic acids is 3. The molecular formula is C28H32N6O4S. The van der Waals surface area contributed by atoms with Crippen molar-refractivity contribution in [2.75, 3.05) is 37.4 Å². The maximum absolute atomic E-state index is 12.8. The minimum Gasteiger partial charge on any atom is -0.378 e. The quantitative estimate of drug-likeness (QED) is 0.294. The number of aromatic nitrogens is 3. The van der Waals surface area contributed by atoms with Gasteiger partial charge in [-0.25, -0.2) is 0 Å². The molecular weight excluding hydrogens is 516 g/mol. The molecule has 1 aromatic heterocycles. The van der Waals surface area contributed by atoms with Gasteiger partial charge in [0.05, 0.1) is 25.0 Å². The molecule has 0 unspecified atom stereocenters. The Hall–Kier alpha value is -3.96. The number of rotatable bonds is 10. The van der Waals surface area contributed by atoms with E-state index in [-0.39, 0.29) is 23.5 Å². The molecule has 0 aliphatic carbocycles. The molecule has 3 aromatic rings. The molecule has 11 heteroatoms. The van der Waals surface area contributed by atoms with Gasteiger partial charge >= 0.3 is 0 Å². The van der Waals surface area contributed by atoms with Crippen molar-refractivity contribution < 1.29 is 19.1 Å². The van der Waals surface area contributed by atoms with Crippen LogP contribution in [0.15, 0.2) is 66.3 Å². The maximum atomic E-state index is 12.8. The van der Waals surface area contributed by atoms with Gasteiger partial charge in [0.15, 0.2) is 11.0 Å². The van der Waals surface area contributed by atoms with E-state index in [0.717, 1.165) is 5.56 Å². The van der Waals surface area contributed by atoms with Gasteiger partial charge in [-0.1, -0.05) is 42.1 Å². The first kappa shape index (κ1) is 28.1. The Morgan fingerprint density at radius 3 is 2.64 bits per heavy atom. The molecule has 2 heterocycles. The summed E-state index contributed by atoms with van der Waals surface area (Å²) in [6.07, 6.45) is 1.71. The van der Waals surface area contributed by atoms with Gasteiger partial charge in [-0.05, 0) is 43.7 Å². The van der Waals surface area contributed by atoms with Crippen molar-refractivity contribution in [3.8, 4) is 0 Å². The molecule has 204 valence electrons. The van der Waals surface area contributed by atoms with Crippen LogP contribution in [0.3, 0.4) is 0 Å². The van der Waals surface area contributed by atoms with Gasteiger partial charge in [0.25, 0.3) is 11.8 Å². The maximum Gasteiger partial charge on any atom is 0.254 e. The van der Waals surface area contributed by atoms with Crippen molar-refractivity contribution in [1.29, 1.82) is 0 Å². The van der Waals surface area contributed by atoms with E-state index in [2.05, 4.69) is 27.4 Å². The van der Waals surface area contributed by atoms with Crippen LogP contribution < -0.4 is 10.6 Å². The van der Waals surface area contributed by atoms with E-state index in [0.29, 0.717) is 60.6 Å². The third-order valence-electron chi connectivity index (χ3n) is 6.21. The fraction of sp³-hybridized carbons (Fsp3) is 0.321. The summed E-state index contributed by atoms with van der Waals surface area (Å²) in [4.78, 5) is 40.0. The van der Waals surface area contributed by atoms with Crippen LogP contribution >= 0.6 is 11.8 Å². The minimum atomic E-state index is -0.417. The zero-order valence-corrected chi connectivity index (χ0v) is 22.9. The van der Waals surface area contributed by atoms with E-state index in [4.69, 9.17) is 4.74 Å². The van der Waals surface area contributed by atoms with Crippen LogP contribution in [0.2, 0.25) is 0 Å². The summed E-state index contributed by atoms with van der Waals surface area (Å²) in [5.41, 5.74) is 2.54. The molecule has 0 spiro atoms. The van der Waals surface area contributed by atoms with Crippen molar-refractivity contribution in [2.45, 2.75) is 31.6 Å².